The molecule has 3 aromatic heterocycles. The molecule has 0 aliphatic carbocycles. The average molecular weight is 710 g/mol. The molecule has 11 nitrogen and oxygen atoms in total. The van der Waals surface area contributed by atoms with E-state index in [2.05, 4.69) is 54.2 Å². The van der Waals surface area contributed by atoms with Crippen molar-refractivity contribution in [3.63, 3.8) is 0 Å². The zero-order chi connectivity index (χ0) is 36.0. The first-order valence-electron chi connectivity index (χ1n) is 16.4. The molecule has 270 valence electrons. The summed E-state index contributed by atoms with van der Waals surface area (Å²) in [5.74, 6) is 0.211. The molecule has 1 saturated heterocycles. The summed E-state index contributed by atoms with van der Waals surface area (Å²) in [5.41, 5.74) is 3.94. The topological polar surface area (TPSA) is 110 Å². The molecule has 1 fully saturated rings. The lowest BCUT2D eigenvalue weighted by atomic mass is 10.1. The summed E-state index contributed by atoms with van der Waals surface area (Å²) in [4.78, 5) is 21.4. The van der Waals surface area contributed by atoms with E-state index in [1.807, 2.05) is 12.1 Å². The van der Waals surface area contributed by atoms with Gasteiger partial charge in [-0.2, -0.15) is 23.1 Å². The van der Waals surface area contributed by atoms with E-state index in [0.29, 0.717) is 40.4 Å². The molecule has 0 radical (unpaired) electrons. The quantitative estimate of drug-likeness (QED) is 0.0980. The molecule has 5 aromatic rings. The van der Waals surface area contributed by atoms with Crippen LogP contribution in [0, 0.1) is 12.7 Å². The van der Waals surface area contributed by atoms with Crippen molar-refractivity contribution < 1.29 is 36.5 Å². The van der Waals surface area contributed by atoms with Gasteiger partial charge in [-0.05, 0) is 49.9 Å². The summed E-state index contributed by atoms with van der Waals surface area (Å²) in [6.07, 6.45) is -1.51. The molecule has 2 aromatic carbocycles. The Morgan fingerprint density at radius 3 is 2.43 bits per heavy atom. The Balaban J connectivity index is 1.18. The highest BCUT2D eigenvalue weighted by molar-refractivity contribution is 5.98. The normalized spacial score (nSPS) is 14.2. The third-order valence-electron chi connectivity index (χ3n) is 8.49. The van der Waals surface area contributed by atoms with Gasteiger partial charge in [0.2, 0.25) is 11.8 Å². The van der Waals surface area contributed by atoms with Gasteiger partial charge in [-0.15, -0.1) is 0 Å². The Bertz CT molecular complexity index is 1930. The van der Waals surface area contributed by atoms with E-state index < -0.39 is 18.6 Å². The molecule has 0 bridgehead atoms. The van der Waals surface area contributed by atoms with Crippen LogP contribution in [0.5, 0.6) is 17.4 Å². The van der Waals surface area contributed by atoms with Crippen molar-refractivity contribution in [2.24, 2.45) is 0 Å². The minimum atomic E-state index is -4.48. The standard InChI is InChI=1S/C36H39F4N7O4/c1-23-30(41-11-10-31(23)51-22-36(38,39)40)21-50-26-8-9-27(29(37)18-26)28-19-42-33-32(28)34(49-17-16-48-3)45-35(44-33)43-25-6-4-24(5-7-25)20-47-14-12-46(2)13-15-47/h4-11,18-19H,12-17,20-22H2,1-3H3,(H2,42,43,44,45). The number of aromatic nitrogens is 4. The molecule has 2 N–H and O–H groups in total. The molecule has 15 heteroatoms. The maximum absolute atomic E-state index is 15.7. The highest BCUT2D eigenvalue weighted by Crippen LogP contribution is 2.37. The van der Waals surface area contributed by atoms with Crippen LogP contribution in [-0.4, -0.2) is 96.1 Å². The molecule has 51 heavy (non-hydrogen) atoms. The van der Waals surface area contributed by atoms with Crippen LogP contribution in [0.25, 0.3) is 22.2 Å². The monoisotopic (exact) mass is 709 g/mol. The van der Waals surface area contributed by atoms with Crippen LogP contribution in [0.15, 0.2) is 60.9 Å². The summed E-state index contributed by atoms with van der Waals surface area (Å²) < 4.78 is 75.4. The summed E-state index contributed by atoms with van der Waals surface area (Å²) in [6, 6.07) is 13.9. The largest absolute Gasteiger partial charge is 0.487 e. The lowest BCUT2D eigenvalue weighted by molar-refractivity contribution is -0.153. The number of pyridine rings is 1. The number of piperazine rings is 1. The van der Waals surface area contributed by atoms with E-state index in [1.165, 1.54) is 23.9 Å². The first-order chi connectivity index (χ1) is 24.6. The molecule has 6 rings (SSSR count). The molecule has 0 saturated carbocycles. The molecule has 4 heterocycles. The Kier molecular flexibility index (Phi) is 11.2. The number of aromatic amines is 1. The van der Waals surface area contributed by atoms with Gasteiger partial charge >= 0.3 is 6.18 Å². The number of alkyl halides is 3. The van der Waals surface area contributed by atoms with E-state index in [0.717, 1.165) is 38.4 Å². The fourth-order valence-electron chi connectivity index (χ4n) is 5.66. The third-order valence-corrected chi connectivity index (χ3v) is 8.49. The Morgan fingerprint density at radius 2 is 1.71 bits per heavy atom. The number of anilines is 2. The minimum Gasteiger partial charge on any atom is -0.487 e. The Labute approximate surface area is 292 Å². The first kappa shape index (κ1) is 35.8. The van der Waals surface area contributed by atoms with Gasteiger partial charge in [0, 0.05) is 80.7 Å². The van der Waals surface area contributed by atoms with Crippen molar-refractivity contribution >= 4 is 22.7 Å². The number of hydrogen-bond donors (Lipinski definition) is 2. The molecular formula is C36H39F4N7O4. The summed E-state index contributed by atoms with van der Waals surface area (Å²) in [5, 5.41) is 3.74. The van der Waals surface area contributed by atoms with E-state index in [4.69, 9.17) is 18.9 Å². The number of nitrogens with zero attached hydrogens (tertiary/aromatic N) is 5. The van der Waals surface area contributed by atoms with Gasteiger partial charge in [0.1, 0.15) is 36.2 Å². The molecule has 0 amide bonds. The van der Waals surface area contributed by atoms with Gasteiger partial charge in [0.05, 0.1) is 17.7 Å². The van der Waals surface area contributed by atoms with Gasteiger partial charge in [-0.25, -0.2) is 4.39 Å². The first-order valence-corrected chi connectivity index (χ1v) is 16.4. The molecule has 1 aliphatic rings. The summed E-state index contributed by atoms with van der Waals surface area (Å²) in [7, 11) is 3.71. The maximum Gasteiger partial charge on any atom is 0.422 e. The van der Waals surface area contributed by atoms with E-state index in [1.54, 1.807) is 32.4 Å². The zero-order valence-corrected chi connectivity index (χ0v) is 28.5. The zero-order valence-electron chi connectivity index (χ0n) is 28.5. The fraction of sp³-hybridized carbons (Fsp3) is 0.361. The van der Waals surface area contributed by atoms with Crippen LogP contribution >= 0.6 is 0 Å². The van der Waals surface area contributed by atoms with Crippen LogP contribution in [0.3, 0.4) is 0 Å². The highest BCUT2D eigenvalue weighted by Gasteiger charge is 2.29. The molecule has 0 atom stereocenters. The van der Waals surface area contributed by atoms with Crippen molar-refractivity contribution in [1.29, 1.82) is 0 Å². The Hall–Kier alpha value is -4.99. The molecular weight excluding hydrogens is 670 g/mol. The fourth-order valence-corrected chi connectivity index (χ4v) is 5.66. The number of H-pyrrole nitrogens is 1. The lowest BCUT2D eigenvalue weighted by Crippen LogP contribution is -2.43. The van der Waals surface area contributed by atoms with Gasteiger partial charge in [-0.3, -0.25) is 9.88 Å². The van der Waals surface area contributed by atoms with Crippen LogP contribution in [0.2, 0.25) is 0 Å². The molecule has 1 aliphatic heterocycles. The SMILES string of the molecule is COCCOc1nc(Nc2ccc(CN3CCN(C)CC3)cc2)nc2[nH]cc(-c3ccc(OCc4nccc(OCC(F)(F)F)c4C)cc3F)c12. The second-order valence-corrected chi connectivity index (χ2v) is 12.2. The second kappa shape index (κ2) is 15.9. The molecule has 0 unspecified atom stereocenters. The lowest BCUT2D eigenvalue weighted by Gasteiger charge is -2.32. The smallest absolute Gasteiger partial charge is 0.422 e. The van der Waals surface area contributed by atoms with Gasteiger partial charge < -0.3 is 34.1 Å². The van der Waals surface area contributed by atoms with Crippen molar-refractivity contribution in [2.75, 3.05) is 65.5 Å². The number of benzene rings is 2. The van der Waals surface area contributed by atoms with E-state index in [9.17, 15) is 13.2 Å². The number of nitrogens with one attached hydrogen (secondary N) is 2. The van der Waals surface area contributed by atoms with Crippen LogP contribution in [-0.2, 0) is 17.9 Å². The maximum atomic E-state index is 15.7. The summed E-state index contributed by atoms with van der Waals surface area (Å²) >= 11 is 0. The number of ether oxygens (including phenoxy) is 4. The number of fused-ring (bicyclic) bond motifs is 1. The third kappa shape index (κ3) is 9.22. The number of hydrogen-bond acceptors (Lipinski definition) is 10. The van der Waals surface area contributed by atoms with Crippen molar-refractivity contribution in [1.82, 2.24) is 29.7 Å². The van der Waals surface area contributed by atoms with Crippen LogP contribution in [0.4, 0.5) is 29.2 Å². The average Bonchev–Trinajstić information content (AvgIpc) is 3.53. The Morgan fingerprint density at radius 1 is 0.922 bits per heavy atom. The number of likely N-dealkylation sites (N-methyl/N-ethyl adjacent to an activating group) is 1. The van der Waals surface area contributed by atoms with E-state index in [-0.39, 0.29) is 36.2 Å². The summed E-state index contributed by atoms with van der Waals surface area (Å²) in [6.45, 7) is 5.66. The van der Waals surface area contributed by atoms with Crippen LogP contribution in [0.1, 0.15) is 16.8 Å². The van der Waals surface area contributed by atoms with Crippen molar-refractivity contribution in [3.05, 3.63) is 83.6 Å². The highest BCUT2D eigenvalue weighted by atomic mass is 19.4. The molecule has 0 spiro atoms. The second-order valence-electron chi connectivity index (χ2n) is 12.2. The van der Waals surface area contributed by atoms with Crippen molar-refractivity contribution in [3.8, 4) is 28.5 Å². The van der Waals surface area contributed by atoms with Crippen LogP contribution < -0.4 is 19.5 Å². The van der Waals surface area contributed by atoms with E-state index >= 15 is 4.39 Å². The predicted molar refractivity (Wildman–Crippen MR) is 184 cm³/mol. The predicted octanol–water partition coefficient (Wildman–Crippen LogP) is 6.50. The van der Waals surface area contributed by atoms with Crippen molar-refractivity contribution in [2.45, 2.75) is 26.3 Å². The van der Waals surface area contributed by atoms with Gasteiger partial charge in [-0.1, -0.05) is 12.1 Å². The minimum absolute atomic E-state index is 0.0421. The van der Waals surface area contributed by atoms with Gasteiger partial charge in [0.15, 0.2) is 6.61 Å². The number of halogens is 4. The number of rotatable bonds is 14. The van der Waals surface area contributed by atoms with Gasteiger partial charge in [0.25, 0.3) is 0 Å². The number of methoxy groups -OCH3 is 1.